The molecule has 0 unspecified atom stereocenters. The van der Waals surface area contributed by atoms with E-state index in [4.69, 9.17) is 10.5 Å². The Balaban J connectivity index is 3.41. The molecule has 1 fully saturated rings. The van der Waals surface area contributed by atoms with Gasteiger partial charge in [0.2, 0.25) is 0 Å². The van der Waals surface area contributed by atoms with Crippen molar-refractivity contribution >= 4 is 5.78 Å². The summed E-state index contributed by atoms with van der Waals surface area (Å²) in [7, 11) is 0. The summed E-state index contributed by atoms with van der Waals surface area (Å²) in [6.45, 7) is 5.68. The van der Waals surface area contributed by atoms with Crippen molar-refractivity contribution in [3.63, 3.8) is 0 Å². The fourth-order valence-electron chi connectivity index (χ4n) is 3.30. The maximum atomic E-state index is 12.8. The van der Waals surface area contributed by atoms with Gasteiger partial charge in [-0.1, -0.05) is 20.8 Å². The molecule has 0 aromatic heterocycles. The zero-order valence-electron chi connectivity index (χ0n) is 12.5. The summed E-state index contributed by atoms with van der Waals surface area (Å²) in [6, 6.07) is 7.10. The second kappa shape index (κ2) is 6.39. The molecule has 0 N–H and O–H groups in total. The van der Waals surface area contributed by atoms with Crippen LogP contribution in [0.3, 0.4) is 0 Å². The molecule has 1 aliphatic rings. The van der Waals surface area contributed by atoms with Crippen molar-refractivity contribution < 1.29 is 4.79 Å². The van der Waals surface area contributed by atoms with Gasteiger partial charge in [0.25, 0.3) is 0 Å². The van der Waals surface area contributed by atoms with Crippen LogP contribution >= 0.6 is 0 Å². The van der Waals surface area contributed by atoms with E-state index in [1.165, 1.54) is 0 Å². The fraction of sp³-hybridized carbons (Fsp3) is 0.688. The minimum Gasteiger partial charge on any atom is -0.299 e. The lowest BCUT2D eigenvalue weighted by Gasteiger charge is -2.40. The molecule has 0 bridgehead atoms. The van der Waals surface area contributed by atoms with Crippen molar-refractivity contribution in [3.05, 3.63) is 0 Å². The van der Waals surface area contributed by atoms with Crippen molar-refractivity contribution in [2.24, 2.45) is 35.0 Å². The third-order valence-electron chi connectivity index (χ3n) is 4.55. The van der Waals surface area contributed by atoms with Gasteiger partial charge >= 0.3 is 0 Å². The second-order valence-electron chi connectivity index (χ2n) is 6.07. The lowest BCUT2D eigenvalue weighted by atomic mass is 9.57. The molecule has 108 valence electrons. The molecule has 1 rings (SSSR count). The number of carbonyl (C=O) groups excluding carboxylic acids is 1. The number of nitriles is 4. The number of carbonyl (C=O) groups is 1. The van der Waals surface area contributed by atoms with Gasteiger partial charge in [0.05, 0.1) is 30.2 Å². The average molecular weight is 282 g/mol. The Bertz CT molecular complexity index is 553. The summed E-state index contributed by atoms with van der Waals surface area (Å²) in [5.74, 6) is -2.73. The molecule has 0 spiro atoms. The number of hydrogen-bond acceptors (Lipinski definition) is 5. The first kappa shape index (κ1) is 16.7. The van der Waals surface area contributed by atoms with E-state index in [0.717, 1.165) is 6.42 Å². The highest BCUT2D eigenvalue weighted by atomic mass is 16.1. The lowest BCUT2D eigenvalue weighted by Crippen LogP contribution is -2.48. The first-order valence-corrected chi connectivity index (χ1v) is 7.05. The van der Waals surface area contributed by atoms with Crippen LogP contribution in [-0.4, -0.2) is 5.78 Å². The van der Waals surface area contributed by atoms with E-state index in [9.17, 15) is 15.3 Å². The predicted molar refractivity (Wildman–Crippen MR) is 73.6 cm³/mol. The topological polar surface area (TPSA) is 112 Å². The molecule has 0 amide bonds. The van der Waals surface area contributed by atoms with Gasteiger partial charge in [-0.2, -0.15) is 21.0 Å². The molecule has 21 heavy (non-hydrogen) atoms. The van der Waals surface area contributed by atoms with Gasteiger partial charge in [-0.25, -0.2) is 0 Å². The van der Waals surface area contributed by atoms with Crippen molar-refractivity contribution in [1.29, 1.82) is 21.0 Å². The molecular weight excluding hydrogens is 264 g/mol. The highest BCUT2D eigenvalue weighted by molar-refractivity contribution is 5.86. The van der Waals surface area contributed by atoms with Crippen molar-refractivity contribution in [3.8, 4) is 24.3 Å². The standard InChI is InChI=1S/C16H18N4O/c1-10(2)13-5-4-11(3)14(15(13)21)16(8-19,9-20)12(6-17)7-18/h10-14H,4-5H2,1-3H3/t11-,13+,14-/m0/s1. The van der Waals surface area contributed by atoms with E-state index < -0.39 is 17.3 Å². The van der Waals surface area contributed by atoms with Gasteiger partial charge in [0, 0.05) is 5.92 Å². The highest BCUT2D eigenvalue weighted by Gasteiger charge is 2.55. The van der Waals surface area contributed by atoms with Crippen LogP contribution in [0.15, 0.2) is 0 Å². The summed E-state index contributed by atoms with van der Waals surface area (Å²) in [6.07, 6.45) is 1.44. The molecular formula is C16H18N4O. The fourth-order valence-corrected chi connectivity index (χ4v) is 3.30. The number of Topliss-reactive ketones (excluding diaryl/α,β-unsaturated/α-hetero) is 1. The molecule has 0 radical (unpaired) electrons. The van der Waals surface area contributed by atoms with Crippen LogP contribution in [0, 0.1) is 80.3 Å². The van der Waals surface area contributed by atoms with E-state index in [0.29, 0.717) is 6.42 Å². The Morgan fingerprint density at radius 3 is 2.00 bits per heavy atom. The van der Waals surface area contributed by atoms with E-state index in [2.05, 4.69) is 0 Å². The monoisotopic (exact) mass is 282 g/mol. The van der Waals surface area contributed by atoms with Crippen LogP contribution in [0.25, 0.3) is 0 Å². The van der Waals surface area contributed by atoms with Gasteiger partial charge in [0.1, 0.15) is 5.78 Å². The minimum absolute atomic E-state index is 0.116. The summed E-state index contributed by atoms with van der Waals surface area (Å²) in [5.41, 5.74) is -1.88. The van der Waals surface area contributed by atoms with Crippen LogP contribution in [0.4, 0.5) is 0 Å². The number of hydrogen-bond donors (Lipinski definition) is 0. The quantitative estimate of drug-likeness (QED) is 0.789. The zero-order chi connectivity index (χ0) is 16.2. The molecule has 0 saturated heterocycles. The van der Waals surface area contributed by atoms with Crippen LogP contribution in [0.5, 0.6) is 0 Å². The first-order chi connectivity index (χ1) is 9.89. The molecule has 1 aliphatic carbocycles. The highest BCUT2D eigenvalue weighted by Crippen LogP contribution is 2.47. The van der Waals surface area contributed by atoms with Gasteiger partial charge in [-0.3, -0.25) is 4.79 Å². The first-order valence-electron chi connectivity index (χ1n) is 7.05. The van der Waals surface area contributed by atoms with E-state index >= 15 is 0 Å². The van der Waals surface area contributed by atoms with E-state index in [1.54, 1.807) is 12.1 Å². The van der Waals surface area contributed by atoms with E-state index in [1.807, 2.05) is 32.9 Å². The third kappa shape index (κ3) is 2.61. The normalized spacial score (nSPS) is 25.8. The van der Waals surface area contributed by atoms with Crippen LogP contribution < -0.4 is 0 Å². The van der Waals surface area contributed by atoms with Crippen molar-refractivity contribution in [2.75, 3.05) is 0 Å². The van der Waals surface area contributed by atoms with Crippen LogP contribution in [0.2, 0.25) is 0 Å². The molecule has 0 aliphatic heterocycles. The molecule has 3 atom stereocenters. The van der Waals surface area contributed by atoms with E-state index in [-0.39, 0.29) is 23.5 Å². The summed E-state index contributed by atoms with van der Waals surface area (Å²) in [5, 5.41) is 37.2. The maximum Gasteiger partial charge on any atom is 0.182 e. The van der Waals surface area contributed by atoms with Crippen LogP contribution in [0.1, 0.15) is 33.6 Å². The predicted octanol–water partition coefficient (Wildman–Crippen LogP) is 2.57. The molecule has 5 nitrogen and oxygen atoms in total. The molecule has 0 aromatic carbocycles. The Morgan fingerprint density at radius 1 is 1.10 bits per heavy atom. The maximum absolute atomic E-state index is 12.8. The Labute approximate surface area is 125 Å². The van der Waals surface area contributed by atoms with Crippen LogP contribution in [-0.2, 0) is 4.79 Å². The largest absolute Gasteiger partial charge is 0.299 e. The Hall–Kier alpha value is -2.37. The Morgan fingerprint density at radius 2 is 1.62 bits per heavy atom. The van der Waals surface area contributed by atoms with Crippen molar-refractivity contribution in [2.45, 2.75) is 33.6 Å². The SMILES string of the molecule is CC(C)[C@H]1CC[C@H](C)[C@H](C(C#N)(C#N)C(C#N)C#N)C1=O. The Kier molecular flexibility index (Phi) is 5.07. The summed E-state index contributed by atoms with van der Waals surface area (Å²) in [4.78, 5) is 12.8. The molecule has 5 heteroatoms. The number of ketones is 1. The second-order valence-corrected chi connectivity index (χ2v) is 6.07. The number of nitrogens with zero attached hydrogens (tertiary/aromatic N) is 4. The van der Waals surface area contributed by atoms with Gasteiger partial charge in [0.15, 0.2) is 11.3 Å². The third-order valence-corrected chi connectivity index (χ3v) is 4.55. The summed E-state index contributed by atoms with van der Waals surface area (Å²) < 4.78 is 0. The average Bonchev–Trinajstić information content (AvgIpc) is 2.46. The van der Waals surface area contributed by atoms with Crippen molar-refractivity contribution in [1.82, 2.24) is 0 Å². The smallest absolute Gasteiger partial charge is 0.182 e. The van der Waals surface area contributed by atoms with Gasteiger partial charge < -0.3 is 0 Å². The van der Waals surface area contributed by atoms with Gasteiger partial charge in [-0.05, 0) is 24.7 Å². The molecule has 0 heterocycles. The summed E-state index contributed by atoms with van der Waals surface area (Å²) >= 11 is 0. The minimum atomic E-state index is -1.88. The zero-order valence-corrected chi connectivity index (χ0v) is 12.5. The molecule has 0 aromatic rings. The lowest BCUT2D eigenvalue weighted by molar-refractivity contribution is -0.136. The molecule has 1 saturated carbocycles. The van der Waals surface area contributed by atoms with Gasteiger partial charge in [-0.15, -0.1) is 0 Å². The number of rotatable bonds is 3.